The van der Waals surface area contributed by atoms with Crippen molar-refractivity contribution in [2.75, 3.05) is 13.7 Å². The lowest BCUT2D eigenvalue weighted by Crippen LogP contribution is -2.47. The van der Waals surface area contributed by atoms with E-state index in [-0.39, 0.29) is 17.9 Å². The van der Waals surface area contributed by atoms with E-state index in [0.29, 0.717) is 18.6 Å². The molecule has 3 heterocycles. The number of hydrogen-bond donors (Lipinski definition) is 1. The highest BCUT2D eigenvalue weighted by atomic mass is 16.8. The third-order valence-corrected chi connectivity index (χ3v) is 4.32. The second-order valence-electron chi connectivity index (χ2n) is 4.98. The van der Waals surface area contributed by atoms with Crippen LogP contribution in [0.4, 0.5) is 0 Å². The summed E-state index contributed by atoms with van der Waals surface area (Å²) in [7, 11) is 1.33. The minimum Gasteiger partial charge on any atom is -0.466 e. The number of hydrogen-bond acceptors (Lipinski definition) is 6. The molecule has 1 aliphatic carbocycles. The first kappa shape index (κ1) is 9.87. The molecular weight excluding hydrogens is 228 g/mol. The topological polar surface area (TPSA) is 77.5 Å². The number of ether oxygens (including phenoxy) is 4. The van der Waals surface area contributed by atoms with Crippen molar-refractivity contribution in [1.29, 1.82) is 0 Å². The van der Waals surface area contributed by atoms with Crippen molar-refractivity contribution in [2.45, 2.75) is 24.1 Å². The van der Waals surface area contributed by atoms with Gasteiger partial charge in [-0.1, -0.05) is 0 Å². The second-order valence-corrected chi connectivity index (χ2v) is 4.98. The van der Waals surface area contributed by atoms with Gasteiger partial charge >= 0.3 is 11.9 Å². The van der Waals surface area contributed by atoms with Gasteiger partial charge < -0.3 is 24.1 Å². The number of carbonyl (C=O) groups excluding carboxylic acids is 1. The van der Waals surface area contributed by atoms with Crippen molar-refractivity contribution in [3.8, 4) is 0 Å². The van der Waals surface area contributed by atoms with Crippen LogP contribution in [0.25, 0.3) is 0 Å². The summed E-state index contributed by atoms with van der Waals surface area (Å²) in [6, 6.07) is 0. The van der Waals surface area contributed by atoms with Gasteiger partial charge in [-0.15, -0.1) is 0 Å². The Hall–Kier alpha value is -1.11. The minimum atomic E-state index is -1.65. The summed E-state index contributed by atoms with van der Waals surface area (Å²) in [5.41, 5.74) is 0.00953. The van der Waals surface area contributed by atoms with Gasteiger partial charge in [0.15, 0.2) is 0 Å². The fourth-order valence-electron chi connectivity index (χ4n) is 3.51. The number of rotatable bonds is 1. The van der Waals surface area contributed by atoms with Crippen LogP contribution in [-0.4, -0.2) is 42.5 Å². The van der Waals surface area contributed by atoms with Gasteiger partial charge in [0, 0.05) is 5.92 Å². The van der Waals surface area contributed by atoms with Crippen LogP contribution >= 0.6 is 0 Å². The van der Waals surface area contributed by atoms with Crippen molar-refractivity contribution in [3.05, 3.63) is 11.8 Å². The van der Waals surface area contributed by atoms with Crippen LogP contribution in [0.15, 0.2) is 11.8 Å². The van der Waals surface area contributed by atoms with Crippen LogP contribution in [-0.2, 0) is 23.7 Å². The number of esters is 1. The molecule has 1 saturated carbocycles. The fraction of sp³-hybridized carbons (Fsp3) is 0.727. The van der Waals surface area contributed by atoms with Gasteiger partial charge in [0.25, 0.3) is 0 Å². The first-order valence-corrected chi connectivity index (χ1v) is 5.61. The number of aliphatic hydroxyl groups is 1. The van der Waals surface area contributed by atoms with Crippen LogP contribution < -0.4 is 0 Å². The SMILES string of the molecule is COC(=O)C1=CO[C@]2(O)OC[C@]34O[C@H]3C[C@H]1[C@H]24. The van der Waals surface area contributed by atoms with Crippen molar-refractivity contribution in [3.63, 3.8) is 0 Å². The molecule has 92 valence electrons. The maximum atomic E-state index is 11.6. The molecule has 4 aliphatic rings. The van der Waals surface area contributed by atoms with Crippen LogP contribution in [0.1, 0.15) is 6.42 Å². The second kappa shape index (κ2) is 2.66. The van der Waals surface area contributed by atoms with Crippen LogP contribution in [0, 0.1) is 11.8 Å². The van der Waals surface area contributed by atoms with E-state index >= 15 is 0 Å². The summed E-state index contributed by atoms with van der Waals surface area (Å²) in [6.07, 6.45) is 2.03. The van der Waals surface area contributed by atoms with Crippen molar-refractivity contribution in [1.82, 2.24) is 0 Å². The lowest BCUT2D eigenvalue weighted by Gasteiger charge is -2.36. The average molecular weight is 240 g/mol. The largest absolute Gasteiger partial charge is 0.466 e. The molecular formula is C11H12O6. The first-order valence-electron chi connectivity index (χ1n) is 5.61. The molecule has 2 saturated heterocycles. The summed E-state index contributed by atoms with van der Waals surface area (Å²) in [6.45, 7) is 0.317. The fourth-order valence-corrected chi connectivity index (χ4v) is 3.51. The van der Waals surface area contributed by atoms with E-state index in [1.54, 1.807) is 0 Å². The molecule has 0 aromatic rings. The Morgan fingerprint density at radius 2 is 2.47 bits per heavy atom. The Morgan fingerprint density at radius 3 is 3.24 bits per heavy atom. The van der Waals surface area contributed by atoms with E-state index in [1.807, 2.05) is 0 Å². The number of methoxy groups -OCH3 is 1. The van der Waals surface area contributed by atoms with Crippen molar-refractivity contribution in [2.24, 2.45) is 11.8 Å². The molecule has 4 rings (SSSR count). The highest BCUT2D eigenvalue weighted by Gasteiger charge is 2.81. The molecule has 17 heavy (non-hydrogen) atoms. The van der Waals surface area contributed by atoms with Gasteiger partial charge in [-0.2, -0.15) is 0 Å². The third kappa shape index (κ3) is 0.955. The molecule has 5 atom stereocenters. The lowest BCUT2D eigenvalue weighted by atomic mass is 9.82. The Labute approximate surface area is 97.1 Å². The summed E-state index contributed by atoms with van der Waals surface area (Å²) in [4.78, 5) is 11.6. The van der Waals surface area contributed by atoms with E-state index in [0.717, 1.165) is 0 Å². The zero-order valence-electron chi connectivity index (χ0n) is 9.21. The molecule has 3 fully saturated rings. The molecule has 0 bridgehead atoms. The van der Waals surface area contributed by atoms with E-state index in [2.05, 4.69) is 0 Å². The highest BCUT2D eigenvalue weighted by Crippen LogP contribution is 2.66. The van der Waals surface area contributed by atoms with Gasteiger partial charge in [0.05, 0.1) is 31.3 Å². The maximum absolute atomic E-state index is 11.6. The zero-order valence-corrected chi connectivity index (χ0v) is 9.21. The molecule has 0 unspecified atom stereocenters. The van der Waals surface area contributed by atoms with Crippen LogP contribution in [0.3, 0.4) is 0 Å². The van der Waals surface area contributed by atoms with Crippen LogP contribution in [0.2, 0.25) is 0 Å². The molecule has 0 amide bonds. The monoisotopic (exact) mass is 240 g/mol. The molecule has 1 spiro atoms. The Kier molecular flexibility index (Phi) is 1.54. The van der Waals surface area contributed by atoms with E-state index in [4.69, 9.17) is 18.9 Å². The third-order valence-electron chi connectivity index (χ3n) is 4.32. The van der Waals surface area contributed by atoms with E-state index in [9.17, 15) is 9.90 Å². The van der Waals surface area contributed by atoms with Crippen LogP contribution in [0.5, 0.6) is 0 Å². The molecule has 6 heteroatoms. The quantitative estimate of drug-likeness (QED) is 0.493. The predicted molar refractivity (Wildman–Crippen MR) is 51.3 cm³/mol. The maximum Gasteiger partial charge on any atom is 0.337 e. The number of carbonyl (C=O) groups is 1. The van der Waals surface area contributed by atoms with Gasteiger partial charge in [-0.05, 0) is 6.42 Å². The predicted octanol–water partition coefficient (Wildman–Crippen LogP) is -0.477. The van der Waals surface area contributed by atoms with E-state index in [1.165, 1.54) is 13.4 Å². The van der Waals surface area contributed by atoms with Gasteiger partial charge in [0.2, 0.25) is 0 Å². The van der Waals surface area contributed by atoms with Crippen molar-refractivity contribution >= 4 is 5.97 Å². The Bertz CT molecular complexity index is 445. The zero-order chi connectivity index (χ0) is 11.8. The highest BCUT2D eigenvalue weighted by molar-refractivity contribution is 5.89. The summed E-state index contributed by atoms with van der Waals surface area (Å²) >= 11 is 0. The Balaban J connectivity index is 1.77. The summed E-state index contributed by atoms with van der Waals surface area (Å²) < 4.78 is 20.8. The first-order chi connectivity index (χ1) is 8.11. The molecule has 6 nitrogen and oxygen atoms in total. The summed E-state index contributed by atoms with van der Waals surface area (Å²) in [5.74, 6) is -2.50. The van der Waals surface area contributed by atoms with Gasteiger partial charge in [-0.25, -0.2) is 4.79 Å². The normalized spacial score (nSPS) is 53.3. The lowest BCUT2D eigenvalue weighted by molar-refractivity contribution is -0.347. The molecule has 0 radical (unpaired) electrons. The molecule has 1 N–H and O–H groups in total. The van der Waals surface area contributed by atoms with Gasteiger partial charge in [0.1, 0.15) is 11.9 Å². The Morgan fingerprint density at radius 1 is 1.65 bits per heavy atom. The standard InChI is InChI=1S/C11H12O6/c1-14-9(12)6-3-15-11(13)8-5(6)2-7-10(8,17-7)4-16-11/h3,5,7-8,13H,2,4H2,1H3/t5-,7+,8+,10+,11+/m1/s1. The number of epoxide rings is 1. The summed E-state index contributed by atoms with van der Waals surface area (Å²) in [5, 5.41) is 10.2. The molecule has 0 aromatic heterocycles. The smallest absolute Gasteiger partial charge is 0.337 e. The molecule has 3 aliphatic heterocycles. The van der Waals surface area contributed by atoms with Crippen molar-refractivity contribution < 1.29 is 28.8 Å². The van der Waals surface area contributed by atoms with E-state index < -0.39 is 17.5 Å². The average Bonchev–Trinajstić information content (AvgIpc) is 2.76. The minimum absolute atomic E-state index is 0.0567. The molecule has 0 aromatic carbocycles. The van der Waals surface area contributed by atoms with Gasteiger partial charge in [-0.3, -0.25) is 0 Å².